The predicted molar refractivity (Wildman–Crippen MR) is 115 cm³/mol. The molecule has 0 aliphatic heterocycles. The molecule has 0 atom stereocenters. The van der Waals surface area contributed by atoms with Gasteiger partial charge in [0.2, 0.25) is 0 Å². The van der Waals surface area contributed by atoms with Crippen molar-refractivity contribution in [3.05, 3.63) is 76.2 Å². The number of aromatic nitrogens is 5. The molecular weight excluding hydrogens is 366 g/mol. The summed E-state index contributed by atoms with van der Waals surface area (Å²) in [6.45, 7) is 2.53. The number of fused-ring (bicyclic) bond motifs is 2. The molecule has 29 heavy (non-hydrogen) atoms. The highest BCUT2D eigenvalue weighted by Crippen LogP contribution is 2.27. The second-order valence-electron chi connectivity index (χ2n) is 6.95. The van der Waals surface area contributed by atoms with Gasteiger partial charge in [-0.05, 0) is 36.1 Å². The third-order valence-electron chi connectivity index (χ3n) is 4.81. The van der Waals surface area contributed by atoms with Gasteiger partial charge in [-0.3, -0.25) is 20.1 Å². The number of nitrogens with zero attached hydrogens (tertiary/aromatic N) is 2. The maximum absolute atomic E-state index is 11.7. The fourth-order valence-electron chi connectivity index (χ4n) is 3.37. The second-order valence-corrected chi connectivity index (χ2v) is 6.95. The number of rotatable bonds is 5. The number of benzene rings is 2. The van der Waals surface area contributed by atoms with Gasteiger partial charge in [0.15, 0.2) is 5.82 Å². The molecule has 5 rings (SSSR count). The predicted octanol–water partition coefficient (Wildman–Crippen LogP) is 3.79. The average Bonchev–Trinajstić information content (AvgIpc) is 3.31. The van der Waals surface area contributed by atoms with Crippen molar-refractivity contribution in [3.63, 3.8) is 0 Å². The van der Waals surface area contributed by atoms with Crippen LogP contribution in [0.15, 0.2) is 59.4 Å². The number of pyridine rings is 1. The molecule has 0 radical (unpaired) electrons. The lowest BCUT2D eigenvalue weighted by Gasteiger charge is -2.12. The normalized spacial score (nSPS) is 11.2. The summed E-state index contributed by atoms with van der Waals surface area (Å²) in [5.74, 6) is 2.21. The summed E-state index contributed by atoms with van der Waals surface area (Å²) in [6.07, 6.45) is 0. The first kappa shape index (κ1) is 17.1. The quantitative estimate of drug-likeness (QED) is 0.316. The molecule has 0 aliphatic rings. The Hall–Kier alpha value is -4.07. The minimum absolute atomic E-state index is 0.111. The summed E-state index contributed by atoms with van der Waals surface area (Å²) in [6, 6.07) is 17.7. The number of hydrogen-bond acceptors (Lipinski definition) is 5. The van der Waals surface area contributed by atoms with Crippen LogP contribution >= 0.6 is 0 Å². The molecule has 0 saturated carbocycles. The van der Waals surface area contributed by atoms with Gasteiger partial charge in [0.1, 0.15) is 11.6 Å². The van der Waals surface area contributed by atoms with Crippen LogP contribution in [0.1, 0.15) is 11.3 Å². The lowest BCUT2D eigenvalue weighted by Crippen LogP contribution is -2.04. The van der Waals surface area contributed by atoms with Crippen LogP contribution in [0.2, 0.25) is 0 Å². The molecule has 8 heteroatoms. The van der Waals surface area contributed by atoms with Crippen LogP contribution in [0.5, 0.6) is 0 Å². The van der Waals surface area contributed by atoms with E-state index in [-0.39, 0.29) is 5.56 Å². The Morgan fingerprint density at radius 2 is 1.86 bits per heavy atom. The monoisotopic (exact) mass is 385 g/mol. The van der Waals surface area contributed by atoms with E-state index < -0.39 is 0 Å². The van der Waals surface area contributed by atoms with Crippen molar-refractivity contribution in [2.24, 2.45) is 0 Å². The molecule has 8 nitrogen and oxygen atoms in total. The van der Waals surface area contributed by atoms with Gasteiger partial charge in [0, 0.05) is 23.7 Å². The van der Waals surface area contributed by atoms with Gasteiger partial charge in [-0.1, -0.05) is 30.3 Å². The minimum atomic E-state index is -0.111. The third-order valence-corrected chi connectivity index (χ3v) is 4.81. The van der Waals surface area contributed by atoms with E-state index in [0.29, 0.717) is 11.9 Å². The molecule has 5 N–H and O–H groups in total. The van der Waals surface area contributed by atoms with Crippen molar-refractivity contribution in [3.8, 4) is 0 Å². The molecule has 0 aliphatic carbocycles. The molecule has 3 aromatic heterocycles. The van der Waals surface area contributed by atoms with Gasteiger partial charge in [-0.2, -0.15) is 5.10 Å². The van der Waals surface area contributed by atoms with Gasteiger partial charge in [0.25, 0.3) is 5.56 Å². The summed E-state index contributed by atoms with van der Waals surface area (Å²) < 4.78 is 0. The molecule has 0 fully saturated rings. The molecule has 3 heterocycles. The first-order valence-corrected chi connectivity index (χ1v) is 9.28. The number of nitrogens with one attached hydrogen (secondary N) is 5. The summed E-state index contributed by atoms with van der Waals surface area (Å²) in [5.41, 5.74) is 2.70. The number of aromatic amines is 3. The lowest BCUT2D eigenvalue weighted by atomic mass is 10.1. The van der Waals surface area contributed by atoms with E-state index in [9.17, 15) is 4.79 Å². The Morgan fingerprint density at radius 3 is 2.72 bits per heavy atom. The van der Waals surface area contributed by atoms with E-state index in [1.165, 1.54) is 0 Å². The molecule has 0 saturated heterocycles. The van der Waals surface area contributed by atoms with E-state index in [0.717, 1.165) is 45.0 Å². The molecule has 2 aromatic carbocycles. The fourth-order valence-corrected chi connectivity index (χ4v) is 3.37. The highest BCUT2D eigenvalue weighted by atomic mass is 16.1. The van der Waals surface area contributed by atoms with Gasteiger partial charge < -0.3 is 10.6 Å². The van der Waals surface area contributed by atoms with Crippen molar-refractivity contribution in [1.82, 2.24) is 25.4 Å². The molecule has 5 aromatic rings. The molecule has 0 unspecified atom stereocenters. The van der Waals surface area contributed by atoms with Crippen LogP contribution in [0.25, 0.3) is 21.7 Å². The summed E-state index contributed by atoms with van der Waals surface area (Å²) in [5, 5.41) is 22.1. The van der Waals surface area contributed by atoms with E-state index in [1.807, 2.05) is 55.5 Å². The highest BCUT2D eigenvalue weighted by molar-refractivity contribution is 5.95. The Bertz CT molecular complexity index is 1380. The number of H-pyrrole nitrogens is 3. The van der Waals surface area contributed by atoms with E-state index in [4.69, 9.17) is 4.98 Å². The van der Waals surface area contributed by atoms with Crippen LogP contribution in [-0.4, -0.2) is 25.4 Å². The second kappa shape index (κ2) is 6.83. The third kappa shape index (κ3) is 3.31. The molecule has 0 amide bonds. The largest absolute Gasteiger partial charge is 0.366 e. The van der Waals surface area contributed by atoms with E-state index in [2.05, 4.69) is 37.1 Å². The van der Waals surface area contributed by atoms with E-state index >= 15 is 0 Å². The first-order valence-electron chi connectivity index (χ1n) is 9.28. The zero-order chi connectivity index (χ0) is 19.8. The van der Waals surface area contributed by atoms with Gasteiger partial charge in [0.05, 0.1) is 10.9 Å². The van der Waals surface area contributed by atoms with Gasteiger partial charge in [-0.15, -0.1) is 0 Å². The Kier molecular flexibility index (Phi) is 4.02. The zero-order valence-corrected chi connectivity index (χ0v) is 15.7. The smallest absolute Gasteiger partial charge is 0.271 e. The molecule has 144 valence electrons. The zero-order valence-electron chi connectivity index (χ0n) is 15.7. The number of anilines is 3. The van der Waals surface area contributed by atoms with Crippen molar-refractivity contribution in [1.29, 1.82) is 0 Å². The fraction of sp³-hybridized carbons (Fsp3) is 0.0952. The maximum Gasteiger partial charge on any atom is 0.271 e. The lowest BCUT2D eigenvalue weighted by molar-refractivity contribution is 1.05. The van der Waals surface area contributed by atoms with Crippen LogP contribution in [0.3, 0.4) is 0 Å². The summed E-state index contributed by atoms with van der Waals surface area (Å²) in [7, 11) is 0. The average molecular weight is 385 g/mol. The Morgan fingerprint density at radius 1 is 0.966 bits per heavy atom. The van der Waals surface area contributed by atoms with Crippen LogP contribution < -0.4 is 16.2 Å². The van der Waals surface area contributed by atoms with E-state index in [1.54, 1.807) is 0 Å². The highest BCUT2D eigenvalue weighted by Gasteiger charge is 2.09. The minimum Gasteiger partial charge on any atom is -0.366 e. The molecule has 0 spiro atoms. The van der Waals surface area contributed by atoms with Gasteiger partial charge >= 0.3 is 0 Å². The Balaban J connectivity index is 1.45. The van der Waals surface area contributed by atoms with Crippen LogP contribution in [0.4, 0.5) is 17.5 Å². The molecular formula is C21H19N7O. The van der Waals surface area contributed by atoms with Crippen molar-refractivity contribution in [2.45, 2.75) is 13.5 Å². The van der Waals surface area contributed by atoms with Crippen LogP contribution in [-0.2, 0) is 6.54 Å². The van der Waals surface area contributed by atoms with Crippen LogP contribution in [0, 0.1) is 6.92 Å². The maximum atomic E-state index is 11.7. The first-order chi connectivity index (χ1) is 14.2. The van der Waals surface area contributed by atoms with Crippen molar-refractivity contribution >= 4 is 39.1 Å². The number of hydrogen-bond donors (Lipinski definition) is 5. The SMILES string of the molecule is Cc1cc(Nc2nc(NCc3ccc4c(=O)[nH][nH]c4c3)cc3ccccc23)n[nH]1. The summed E-state index contributed by atoms with van der Waals surface area (Å²) >= 11 is 0. The Labute approximate surface area is 165 Å². The summed E-state index contributed by atoms with van der Waals surface area (Å²) in [4.78, 5) is 16.4. The molecule has 0 bridgehead atoms. The van der Waals surface area contributed by atoms with Gasteiger partial charge in [-0.25, -0.2) is 4.98 Å². The van der Waals surface area contributed by atoms with Crippen molar-refractivity contribution in [2.75, 3.05) is 10.6 Å². The van der Waals surface area contributed by atoms with Crippen molar-refractivity contribution < 1.29 is 0 Å². The standard InChI is InChI=1S/C21H19N7O/c1-12-8-19(27-25-12)24-20-15-5-3-2-4-14(15)10-18(23-20)22-11-13-6-7-16-17(9-13)26-28-21(16)29/h2-10H,11H2,1H3,(H2,26,28,29)(H3,22,23,24,25,27). The topological polar surface area (TPSA) is 114 Å². The number of aryl methyl sites for hydroxylation is 1.